The second kappa shape index (κ2) is 4.40. The van der Waals surface area contributed by atoms with Gasteiger partial charge < -0.3 is 0 Å². The number of hydrogen-bond donors (Lipinski definition) is 0. The van der Waals surface area contributed by atoms with Gasteiger partial charge in [-0.1, -0.05) is 23.5 Å². The highest BCUT2D eigenvalue weighted by Crippen LogP contribution is 2.31. The Balaban J connectivity index is 2.12. The predicted molar refractivity (Wildman–Crippen MR) is 71.8 cm³/mol. The molecule has 98 valence electrons. The van der Waals surface area contributed by atoms with Crippen molar-refractivity contribution in [3.63, 3.8) is 0 Å². The number of nitrogens with zero attached hydrogens (tertiary/aromatic N) is 4. The number of fused-ring (bicyclic) bond motifs is 1. The van der Waals surface area contributed by atoms with Gasteiger partial charge >= 0.3 is 6.18 Å². The maximum absolute atomic E-state index is 12.7. The average molecular weight is 396 g/mol. The minimum atomic E-state index is -4.56. The standard InChI is InChI=1S/C10H4F3IN4S/c11-10(12,13)8-15-16-9-18(8)17-7(19-9)5-1-3-6(14)4-2-5/h1-4H. The normalized spacial score (nSPS) is 12.2. The van der Waals surface area contributed by atoms with Gasteiger partial charge in [0.1, 0.15) is 5.01 Å². The van der Waals surface area contributed by atoms with E-state index in [2.05, 4.69) is 37.9 Å². The molecular weight excluding hydrogens is 392 g/mol. The Bertz CT molecular complexity index is 731. The van der Waals surface area contributed by atoms with Gasteiger partial charge in [-0.3, -0.25) is 0 Å². The third-order valence-electron chi connectivity index (χ3n) is 2.34. The zero-order chi connectivity index (χ0) is 13.6. The van der Waals surface area contributed by atoms with Crippen LogP contribution in [-0.2, 0) is 6.18 Å². The molecule has 0 unspecified atom stereocenters. The van der Waals surface area contributed by atoms with E-state index < -0.39 is 12.0 Å². The van der Waals surface area contributed by atoms with Crippen molar-refractivity contribution >= 4 is 38.9 Å². The van der Waals surface area contributed by atoms with E-state index in [1.807, 2.05) is 12.1 Å². The smallest absolute Gasteiger partial charge is 0.178 e. The van der Waals surface area contributed by atoms with Gasteiger partial charge in [-0.25, -0.2) is 0 Å². The van der Waals surface area contributed by atoms with Crippen LogP contribution in [0.5, 0.6) is 0 Å². The molecule has 3 rings (SSSR count). The predicted octanol–water partition coefficient (Wildman–Crippen LogP) is 3.48. The SMILES string of the molecule is FC(F)(F)c1nnc2sc(-c3ccc(I)cc3)nn12. The summed E-state index contributed by atoms with van der Waals surface area (Å²) in [7, 11) is 0. The van der Waals surface area contributed by atoms with Gasteiger partial charge in [0, 0.05) is 9.13 Å². The van der Waals surface area contributed by atoms with E-state index in [0.29, 0.717) is 5.01 Å². The maximum Gasteiger partial charge on any atom is 0.453 e. The molecule has 0 radical (unpaired) electrons. The molecule has 2 aromatic heterocycles. The molecule has 2 heterocycles. The molecule has 9 heteroatoms. The number of aromatic nitrogens is 4. The Morgan fingerprint density at radius 3 is 2.42 bits per heavy atom. The van der Waals surface area contributed by atoms with Gasteiger partial charge in [0.05, 0.1) is 0 Å². The molecule has 0 saturated heterocycles. The summed E-state index contributed by atoms with van der Waals surface area (Å²) in [5, 5.41) is 11.0. The molecule has 0 aliphatic carbocycles. The van der Waals surface area contributed by atoms with Crippen LogP contribution < -0.4 is 0 Å². The van der Waals surface area contributed by atoms with E-state index in [9.17, 15) is 13.2 Å². The largest absolute Gasteiger partial charge is 0.453 e. The minimum absolute atomic E-state index is 0.126. The highest BCUT2D eigenvalue weighted by atomic mass is 127. The van der Waals surface area contributed by atoms with Gasteiger partial charge in [-0.2, -0.15) is 22.8 Å². The van der Waals surface area contributed by atoms with Crippen LogP contribution in [0.25, 0.3) is 15.5 Å². The first-order valence-corrected chi connectivity index (χ1v) is 6.90. The second-order valence-corrected chi connectivity index (χ2v) is 5.83. The monoisotopic (exact) mass is 396 g/mol. The summed E-state index contributed by atoms with van der Waals surface area (Å²) in [5.41, 5.74) is 0.754. The molecule has 0 N–H and O–H groups in total. The molecular formula is C10H4F3IN4S. The van der Waals surface area contributed by atoms with E-state index in [1.54, 1.807) is 12.1 Å². The fraction of sp³-hybridized carbons (Fsp3) is 0.100. The summed E-state index contributed by atoms with van der Waals surface area (Å²) in [5.74, 6) is -1.10. The van der Waals surface area contributed by atoms with Gasteiger partial charge in [-0.05, 0) is 34.7 Å². The molecule has 0 aliphatic heterocycles. The van der Waals surface area contributed by atoms with Crippen molar-refractivity contribution in [2.75, 3.05) is 0 Å². The number of rotatable bonds is 1. The quantitative estimate of drug-likeness (QED) is 0.592. The Morgan fingerprint density at radius 2 is 1.79 bits per heavy atom. The average Bonchev–Trinajstić information content (AvgIpc) is 2.87. The van der Waals surface area contributed by atoms with Crippen molar-refractivity contribution in [2.24, 2.45) is 0 Å². The van der Waals surface area contributed by atoms with Crippen LogP contribution in [-0.4, -0.2) is 19.8 Å². The number of halogens is 4. The molecule has 1 aromatic carbocycles. The van der Waals surface area contributed by atoms with Crippen molar-refractivity contribution in [3.05, 3.63) is 33.7 Å². The summed E-state index contributed by atoms with van der Waals surface area (Å²) in [6.45, 7) is 0. The molecule has 0 atom stereocenters. The Kier molecular flexibility index (Phi) is 2.96. The van der Waals surface area contributed by atoms with Crippen molar-refractivity contribution < 1.29 is 13.2 Å². The lowest BCUT2D eigenvalue weighted by molar-refractivity contribution is -0.146. The van der Waals surface area contributed by atoms with Gasteiger partial charge in [0.2, 0.25) is 4.96 Å². The second-order valence-electron chi connectivity index (χ2n) is 3.63. The van der Waals surface area contributed by atoms with E-state index in [4.69, 9.17) is 0 Å². The van der Waals surface area contributed by atoms with Crippen LogP contribution in [0.15, 0.2) is 24.3 Å². The first-order valence-electron chi connectivity index (χ1n) is 5.00. The summed E-state index contributed by atoms with van der Waals surface area (Å²) in [4.78, 5) is 0.126. The van der Waals surface area contributed by atoms with Crippen LogP contribution in [0.1, 0.15) is 5.82 Å². The van der Waals surface area contributed by atoms with Gasteiger partial charge in [0.15, 0.2) is 0 Å². The van der Waals surface area contributed by atoms with Crippen molar-refractivity contribution in [3.8, 4) is 10.6 Å². The summed E-state index contributed by atoms with van der Waals surface area (Å²) < 4.78 is 39.7. The van der Waals surface area contributed by atoms with Crippen LogP contribution in [0.4, 0.5) is 13.2 Å². The third-order valence-corrected chi connectivity index (χ3v) is 4.00. The maximum atomic E-state index is 12.7. The molecule has 19 heavy (non-hydrogen) atoms. The minimum Gasteiger partial charge on any atom is -0.178 e. The summed E-state index contributed by atoms with van der Waals surface area (Å²) in [6, 6.07) is 7.34. The van der Waals surface area contributed by atoms with E-state index >= 15 is 0 Å². The summed E-state index contributed by atoms with van der Waals surface area (Å²) in [6.07, 6.45) is -4.56. The molecule has 3 aromatic rings. The van der Waals surface area contributed by atoms with Gasteiger partial charge in [-0.15, -0.1) is 10.2 Å². The van der Waals surface area contributed by atoms with Crippen LogP contribution in [0.2, 0.25) is 0 Å². The first kappa shape index (κ1) is 12.8. The molecule has 0 bridgehead atoms. The topological polar surface area (TPSA) is 43.1 Å². The van der Waals surface area contributed by atoms with Crippen molar-refractivity contribution in [2.45, 2.75) is 6.18 Å². The van der Waals surface area contributed by atoms with Crippen molar-refractivity contribution in [1.82, 2.24) is 19.8 Å². The molecule has 4 nitrogen and oxygen atoms in total. The highest BCUT2D eigenvalue weighted by molar-refractivity contribution is 14.1. The van der Waals surface area contributed by atoms with Gasteiger partial charge in [0.25, 0.3) is 5.82 Å². The van der Waals surface area contributed by atoms with Crippen LogP contribution >= 0.6 is 33.9 Å². The Hall–Kier alpha value is -1.23. The fourth-order valence-electron chi connectivity index (χ4n) is 1.50. The Morgan fingerprint density at radius 1 is 1.11 bits per heavy atom. The highest BCUT2D eigenvalue weighted by Gasteiger charge is 2.38. The molecule has 0 fully saturated rings. The molecule has 0 amide bonds. The zero-order valence-corrected chi connectivity index (χ0v) is 12.0. The van der Waals surface area contributed by atoms with Crippen LogP contribution in [0.3, 0.4) is 0 Å². The Labute approximate surface area is 122 Å². The lowest BCUT2D eigenvalue weighted by atomic mass is 10.2. The number of benzene rings is 1. The number of alkyl halides is 3. The lowest BCUT2D eigenvalue weighted by Gasteiger charge is -2.00. The number of hydrogen-bond acceptors (Lipinski definition) is 4. The molecule has 0 aliphatic rings. The van der Waals surface area contributed by atoms with E-state index in [-0.39, 0.29) is 4.96 Å². The molecule has 0 saturated carbocycles. The zero-order valence-electron chi connectivity index (χ0n) is 9.02. The molecule has 0 spiro atoms. The third kappa shape index (κ3) is 2.31. The lowest BCUT2D eigenvalue weighted by Crippen LogP contribution is -2.11. The summed E-state index contributed by atoms with van der Waals surface area (Å²) >= 11 is 3.22. The fourth-order valence-corrected chi connectivity index (χ4v) is 2.71. The van der Waals surface area contributed by atoms with Crippen molar-refractivity contribution in [1.29, 1.82) is 0 Å². The first-order chi connectivity index (χ1) is 8.95. The van der Waals surface area contributed by atoms with E-state index in [1.165, 1.54) is 0 Å². The van der Waals surface area contributed by atoms with E-state index in [0.717, 1.165) is 25.0 Å². The van der Waals surface area contributed by atoms with Crippen LogP contribution in [0, 0.1) is 3.57 Å².